The van der Waals surface area contributed by atoms with Crippen LogP contribution < -0.4 is 10.6 Å². The summed E-state index contributed by atoms with van der Waals surface area (Å²) in [4.78, 5) is 24.3. The van der Waals surface area contributed by atoms with Gasteiger partial charge in [-0.25, -0.2) is 4.68 Å². The molecule has 0 saturated heterocycles. The Balaban J connectivity index is 1.77. The van der Waals surface area contributed by atoms with Crippen LogP contribution in [0.2, 0.25) is 0 Å². The molecule has 0 spiro atoms. The molecule has 0 aliphatic heterocycles. The van der Waals surface area contributed by atoms with Crippen molar-refractivity contribution in [1.82, 2.24) is 15.1 Å². The molecular formula is C21H22N4O2. The summed E-state index contributed by atoms with van der Waals surface area (Å²) in [5, 5.41) is 10.0. The van der Waals surface area contributed by atoms with E-state index in [0.717, 1.165) is 22.6 Å². The van der Waals surface area contributed by atoms with Crippen molar-refractivity contribution in [2.45, 2.75) is 20.3 Å². The number of amides is 2. The van der Waals surface area contributed by atoms with Crippen molar-refractivity contribution in [3.05, 3.63) is 77.1 Å². The zero-order valence-corrected chi connectivity index (χ0v) is 15.6. The third-order valence-corrected chi connectivity index (χ3v) is 4.41. The van der Waals surface area contributed by atoms with Crippen LogP contribution in [0.4, 0.5) is 5.69 Å². The average molecular weight is 362 g/mol. The van der Waals surface area contributed by atoms with E-state index in [1.807, 2.05) is 48.9 Å². The van der Waals surface area contributed by atoms with Gasteiger partial charge in [0.25, 0.3) is 5.91 Å². The number of nitrogens with zero attached hydrogens (tertiary/aromatic N) is 2. The van der Waals surface area contributed by atoms with Crippen molar-refractivity contribution in [3.63, 3.8) is 0 Å². The molecule has 0 atom stereocenters. The van der Waals surface area contributed by atoms with E-state index in [-0.39, 0.29) is 18.2 Å². The fourth-order valence-electron chi connectivity index (χ4n) is 3.00. The van der Waals surface area contributed by atoms with E-state index in [9.17, 15) is 9.59 Å². The minimum absolute atomic E-state index is 0.150. The predicted molar refractivity (Wildman–Crippen MR) is 105 cm³/mol. The molecule has 0 unspecified atom stereocenters. The monoisotopic (exact) mass is 362 g/mol. The first-order valence-corrected chi connectivity index (χ1v) is 8.72. The van der Waals surface area contributed by atoms with Gasteiger partial charge in [0, 0.05) is 29.6 Å². The Morgan fingerprint density at radius 2 is 1.78 bits per heavy atom. The van der Waals surface area contributed by atoms with Crippen LogP contribution in [0.3, 0.4) is 0 Å². The number of rotatable bonds is 5. The van der Waals surface area contributed by atoms with E-state index in [1.54, 1.807) is 31.3 Å². The summed E-state index contributed by atoms with van der Waals surface area (Å²) in [7, 11) is 1.57. The second-order valence-corrected chi connectivity index (χ2v) is 6.28. The molecule has 3 aromatic rings. The molecule has 0 bridgehead atoms. The lowest BCUT2D eigenvalue weighted by Crippen LogP contribution is -2.19. The SMILES string of the molecule is CNC(=O)c1cccc(NC(=O)Cc2c(C)nn(-c3ccccc3)c2C)c1. The molecule has 6 heteroatoms. The van der Waals surface area contributed by atoms with Crippen LogP contribution in [0.15, 0.2) is 54.6 Å². The first-order valence-electron chi connectivity index (χ1n) is 8.72. The maximum Gasteiger partial charge on any atom is 0.251 e. The molecule has 0 aliphatic carbocycles. The second kappa shape index (κ2) is 7.86. The molecule has 6 nitrogen and oxygen atoms in total. The minimum atomic E-state index is -0.193. The minimum Gasteiger partial charge on any atom is -0.355 e. The molecule has 3 rings (SSSR count). The van der Waals surface area contributed by atoms with Gasteiger partial charge in [-0.1, -0.05) is 24.3 Å². The van der Waals surface area contributed by atoms with Crippen LogP contribution in [0.5, 0.6) is 0 Å². The Morgan fingerprint density at radius 3 is 2.48 bits per heavy atom. The molecule has 0 fully saturated rings. The predicted octanol–water partition coefficient (Wildman–Crippen LogP) is 3.03. The maximum atomic E-state index is 12.5. The lowest BCUT2D eigenvalue weighted by molar-refractivity contribution is -0.115. The van der Waals surface area contributed by atoms with Gasteiger partial charge in [0.05, 0.1) is 17.8 Å². The third kappa shape index (κ3) is 4.06. The largest absolute Gasteiger partial charge is 0.355 e. The van der Waals surface area contributed by atoms with Crippen molar-refractivity contribution in [1.29, 1.82) is 0 Å². The summed E-state index contributed by atoms with van der Waals surface area (Å²) in [5.74, 6) is -0.343. The van der Waals surface area contributed by atoms with Gasteiger partial charge in [-0.15, -0.1) is 0 Å². The van der Waals surface area contributed by atoms with Crippen molar-refractivity contribution in [2.24, 2.45) is 0 Å². The number of hydrogen-bond donors (Lipinski definition) is 2. The van der Waals surface area contributed by atoms with Gasteiger partial charge in [0.15, 0.2) is 0 Å². The van der Waals surface area contributed by atoms with Crippen LogP contribution in [-0.4, -0.2) is 28.6 Å². The Morgan fingerprint density at radius 1 is 1.04 bits per heavy atom. The van der Waals surface area contributed by atoms with Crippen molar-refractivity contribution in [2.75, 3.05) is 12.4 Å². The number of nitrogens with one attached hydrogen (secondary N) is 2. The molecule has 2 N–H and O–H groups in total. The van der Waals surface area contributed by atoms with Crippen LogP contribution in [0.25, 0.3) is 5.69 Å². The number of para-hydroxylation sites is 1. The summed E-state index contributed by atoms with van der Waals surface area (Å²) in [5.41, 5.74) is 4.71. The van der Waals surface area contributed by atoms with Gasteiger partial charge in [-0.3, -0.25) is 9.59 Å². The normalized spacial score (nSPS) is 10.5. The van der Waals surface area contributed by atoms with Gasteiger partial charge < -0.3 is 10.6 Å². The first-order chi connectivity index (χ1) is 13.0. The summed E-state index contributed by atoms with van der Waals surface area (Å²) < 4.78 is 1.85. The fourth-order valence-corrected chi connectivity index (χ4v) is 3.00. The molecule has 0 aliphatic rings. The van der Waals surface area contributed by atoms with Crippen molar-refractivity contribution < 1.29 is 9.59 Å². The molecule has 138 valence electrons. The molecule has 1 aromatic heterocycles. The van der Waals surface area contributed by atoms with Crippen LogP contribution in [0, 0.1) is 13.8 Å². The highest BCUT2D eigenvalue weighted by atomic mass is 16.2. The quantitative estimate of drug-likeness (QED) is 0.732. The topological polar surface area (TPSA) is 76.0 Å². The standard InChI is InChI=1S/C21H22N4O2/c1-14-19(15(2)25(24-14)18-10-5-4-6-11-18)13-20(26)23-17-9-7-8-16(12-17)21(27)22-3/h4-12H,13H2,1-3H3,(H,22,27)(H,23,26). The van der Waals surface area contributed by atoms with Crippen LogP contribution in [0.1, 0.15) is 27.3 Å². The Hall–Kier alpha value is -3.41. The summed E-state index contributed by atoms with van der Waals surface area (Å²) in [6.07, 6.45) is 0.217. The molecule has 27 heavy (non-hydrogen) atoms. The van der Waals surface area contributed by atoms with Crippen LogP contribution >= 0.6 is 0 Å². The number of anilines is 1. The van der Waals surface area contributed by atoms with Crippen LogP contribution in [-0.2, 0) is 11.2 Å². The van der Waals surface area contributed by atoms with Gasteiger partial charge in [-0.2, -0.15) is 5.10 Å². The first kappa shape index (κ1) is 18.4. The lowest BCUT2D eigenvalue weighted by atomic mass is 10.1. The maximum absolute atomic E-state index is 12.5. The van der Waals surface area contributed by atoms with Gasteiger partial charge in [0.1, 0.15) is 0 Å². The molecule has 0 radical (unpaired) electrons. The van der Waals surface area contributed by atoms with E-state index >= 15 is 0 Å². The fraction of sp³-hybridized carbons (Fsp3) is 0.190. The second-order valence-electron chi connectivity index (χ2n) is 6.28. The Bertz CT molecular complexity index is 977. The zero-order chi connectivity index (χ0) is 19.4. The highest BCUT2D eigenvalue weighted by Gasteiger charge is 2.16. The smallest absolute Gasteiger partial charge is 0.251 e. The molecule has 2 amide bonds. The van der Waals surface area contributed by atoms with E-state index < -0.39 is 0 Å². The number of hydrogen-bond acceptors (Lipinski definition) is 3. The zero-order valence-electron chi connectivity index (χ0n) is 15.6. The van der Waals surface area contributed by atoms with Crippen molar-refractivity contribution in [3.8, 4) is 5.69 Å². The summed E-state index contributed by atoms with van der Waals surface area (Å²) in [6, 6.07) is 16.7. The number of aryl methyl sites for hydroxylation is 1. The molecule has 2 aromatic carbocycles. The summed E-state index contributed by atoms with van der Waals surface area (Å²) >= 11 is 0. The molecule has 1 heterocycles. The van der Waals surface area contributed by atoms with Gasteiger partial charge >= 0.3 is 0 Å². The highest BCUT2D eigenvalue weighted by molar-refractivity contribution is 5.97. The van der Waals surface area contributed by atoms with E-state index in [1.165, 1.54) is 0 Å². The Labute approximate surface area is 158 Å². The summed E-state index contributed by atoms with van der Waals surface area (Å²) in [6.45, 7) is 3.86. The highest BCUT2D eigenvalue weighted by Crippen LogP contribution is 2.19. The molecule has 0 saturated carbocycles. The number of benzene rings is 2. The van der Waals surface area contributed by atoms with E-state index in [4.69, 9.17) is 0 Å². The van der Waals surface area contributed by atoms with E-state index in [0.29, 0.717) is 11.3 Å². The number of aromatic nitrogens is 2. The molecular weight excluding hydrogens is 340 g/mol. The number of carbonyl (C=O) groups is 2. The Kier molecular flexibility index (Phi) is 5.35. The number of carbonyl (C=O) groups excluding carboxylic acids is 2. The average Bonchev–Trinajstić information content (AvgIpc) is 2.96. The van der Waals surface area contributed by atoms with Gasteiger partial charge in [0.2, 0.25) is 5.91 Å². The lowest BCUT2D eigenvalue weighted by Gasteiger charge is -2.08. The van der Waals surface area contributed by atoms with E-state index in [2.05, 4.69) is 15.7 Å². The van der Waals surface area contributed by atoms with Gasteiger partial charge in [-0.05, 0) is 44.2 Å². The third-order valence-electron chi connectivity index (χ3n) is 4.41. The van der Waals surface area contributed by atoms with Crippen molar-refractivity contribution >= 4 is 17.5 Å².